The van der Waals surface area contributed by atoms with Gasteiger partial charge in [0, 0.05) is 0 Å². The van der Waals surface area contributed by atoms with Gasteiger partial charge in [0.25, 0.3) is 0 Å². The molecule has 52 heavy (non-hydrogen) atoms. The van der Waals surface area contributed by atoms with Crippen LogP contribution in [0.2, 0.25) is 0 Å². The molecular weight excluding hydrogens is 678 g/mol. The molecule has 266 valence electrons. The highest BCUT2D eigenvalue weighted by Gasteiger charge is 2.50. The molecule has 10 heteroatoms. The van der Waals surface area contributed by atoms with Gasteiger partial charge in [0.15, 0.2) is 16.9 Å². The fourth-order valence-corrected chi connectivity index (χ4v) is 6.65. The fraction of sp³-hybridized carbons (Fsp3) is 0.238. The molecule has 0 radical (unpaired) electrons. The lowest BCUT2D eigenvalue weighted by atomic mass is 9.95. The van der Waals surface area contributed by atoms with Crippen molar-refractivity contribution in [2.75, 3.05) is 6.61 Å². The lowest BCUT2D eigenvalue weighted by Crippen LogP contribution is -2.58. The van der Waals surface area contributed by atoms with Gasteiger partial charge in [-0.1, -0.05) is 133 Å². The Hall–Kier alpha value is -4.81. The van der Waals surface area contributed by atoms with Crippen LogP contribution in [-0.4, -0.2) is 46.0 Å². The first-order valence-corrected chi connectivity index (χ1v) is 17.7. The minimum Gasteiger partial charge on any atom is -0.374 e. The number of aromatic nitrogens is 3. The van der Waals surface area contributed by atoms with E-state index in [2.05, 4.69) is 10.2 Å². The second kappa shape index (κ2) is 17.6. The van der Waals surface area contributed by atoms with Crippen LogP contribution in [-0.2, 0) is 50.1 Å². The van der Waals surface area contributed by atoms with E-state index in [1.54, 1.807) is 22.8 Å². The first-order chi connectivity index (χ1) is 25.6. The Morgan fingerprint density at radius 3 is 1.65 bits per heavy atom. The summed E-state index contributed by atoms with van der Waals surface area (Å²) in [4.78, 5) is 0. The Bertz CT molecular complexity index is 2030. The smallest absolute Gasteiger partial charge is 0.195 e. The first-order valence-electron chi connectivity index (χ1n) is 17.3. The minimum atomic E-state index is -0.933. The summed E-state index contributed by atoms with van der Waals surface area (Å²) in [6.45, 7) is 1.35. The highest BCUT2D eigenvalue weighted by molar-refractivity contribution is 7.71. The Morgan fingerprint density at radius 1 is 0.615 bits per heavy atom. The molecule has 0 amide bonds. The number of benzene rings is 5. The molecule has 2 heterocycles. The van der Waals surface area contributed by atoms with Crippen LogP contribution in [0.5, 0.6) is 0 Å². The first kappa shape index (κ1) is 35.6. The van der Waals surface area contributed by atoms with Crippen molar-refractivity contribution < 1.29 is 28.1 Å². The van der Waals surface area contributed by atoms with Gasteiger partial charge in [0.05, 0.1) is 38.6 Å². The van der Waals surface area contributed by atoms with Crippen LogP contribution in [0, 0.1) is 10.6 Å². The summed E-state index contributed by atoms with van der Waals surface area (Å²) in [7, 11) is 0. The number of ether oxygens (including phenoxy) is 5. The van der Waals surface area contributed by atoms with Crippen molar-refractivity contribution in [3.05, 3.63) is 178 Å². The third kappa shape index (κ3) is 8.79. The minimum absolute atomic E-state index is 0.189. The van der Waals surface area contributed by atoms with E-state index in [0.29, 0.717) is 12.4 Å². The number of aromatic amines is 1. The van der Waals surface area contributed by atoms with Crippen LogP contribution in [0.4, 0.5) is 4.39 Å². The van der Waals surface area contributed by atoms with Gasteiger partial charge in [-0.05, 0) is 46.6 Å². The molecule has 1 aliphatic heterocycles. The predicted molar refractivity (Wildman–Crippen MR) is 198 cm³/mol. The zero-order valence-corrected chi connectivity index (χ0v) is 29.3. The van der Waals surface area contributed by atoms with E-state index < -0.39 is 36.5 Å². The van der Waals surface area contributed by atoms with Gasteiger partial charge < -0.3 is 23.7 Å². The molecule has 5 atom stereocenters. The van der Waals surface area contributed by atoms with Gasteiger partial charge >= 0.3 is 0 Å². The maximum absolute atomic E-state index is 15.5. The molecule has 1 fully saturated rings. The van der Waals surface area contributed by atoms with E-state index in [9.17, 15) is 0 Å². The Labute approximate surface area is 307 Å². The zero-order valence-electron chi connectivity index (χ0n) is 28.5. The number of hydrogen-bond acceptors (Lipinski definition) is 7. The average Bonchev–Trinajstić information content (AvgIpc) is 3.57. The molecule has 0 unspecified atom stereocenters. The van der Waals surface area contributed by atoms with E-state index in [1.165, 1.54) is 6.07 Å². The topological polar surface area (TPSA) is 79.8 Å². The van der Waals surface area contributed by atoms with Crippen LogP contribution >= 0.6 is 12.2 Å². The van der Waals surface area contributed by atoms with E-state index in [4.69, 9.17) is 35.9 Å². The van der Waals surface area contributed by atoms with Gasteiger partial charge in [0.1, 0.15) is 30.2 Å². The van der Waals surface area contributed by atoms with Crippen LogP contribution in [0.1, 0.15) is 28.3 Å². The highest BCUT2D eigenvalue weighted by Crippen LogP contribution is 2.39. The Balaban J connectivity index is 1.31. The van der Waals surface area contributed by atoms with Gasteiger partial charge in [-0.25, -0.2) is 4.39 Å². The number of H-pyrrole nitrogens is 1. The van der Waals surface area contributed by atoms with E-state index >= 15 is 4.39 Å². The predicted octanol–water partition coefficient (Wildman–Crippen LogP) is 8.62. The second-order valence-corrected chi connectivity index (χ2v) is 12.9. The molecular formula is C42H40FN3O5S. The quantitative estimate of drug-likeness (QED) is 0.107. The number of nitrogens with one attached hydrogen (secondary N) is 1. The normalized spacial score (nSPS) is 20.1. The van der Waals surface area contributed by atoms with Crippen molar-refractivity contribution in [1.29, 1.82) is 0 Å². The maximum Gasteiger partial charge on any atom is 0.195 e. The summed E-state index contributed by atoms with van der Waals surface area (Å²) in [5.41, 5.74) is 4.22. The monoisotopic (exact) mass is 717 g/mol. The van der Waals surface area contributed by atoms with Gasteiger partial charge in [-0.15, -0.1) is 0 Å². The number of halogens is 1. The fourth-order valence-electron chi connectivity index (χ4n) is 6.39. The second-order valence-electron chi connectivity index (χ2n) is 12.6. The molecule has 0 saturated carbocycles. The SMILES string of the molecule is Fc1ccccc1-c1n[nH]c(=S)n1[C@H]1[C@H](OCc2ccccc2)O[C@H](COCc2ccccc2)[C@@H](OCc2ccccc2)[C@@H]1OCc1ccccc1. The summed E-state index contributed by atoms with van der Waals surface area (Å²) >= 11 is 5.88. The number of rotatable bonds is 15. The molecule has 1 aromatic heterocycles. The van der Waals surface area contributed by atoms with Gasteiger partial charge in [-0.2, -0.15) is 5.10 Å². The van der Waals surface area contributed by atoms with Crippen LogP contribution < -0.4 is 0 Å². The van der Waals surface area contributed by atoms with Crippen molar-refractivity contribution in [3.63, 3.8) is 0 Å². The standard InChI is InChI=1S/C42H40FN3O5S/c43-35-24-14-13-23-34(35)40-44-45-42(52)46(40)37-39(49-27-32-19-9-3-10-20-32)38(48-26-31-17-7-2-8-18-31)36(29-47-25-30-15-5-1-6-16-30)51-41(37)50-28-33-21-11-4-12-22-33/h1-24,36-39,41H,25-29H2,(H,45,52)/t36-,37-,38-,39-,41-/m1/s1. The molecule has 6 aromatic rings. The van der Waals surface area contributed by atoms with Crippen molar-refractivity contribution in [3.8, 4) is 11.4 Å². The highest BCUT2D eigenvalue weighted by atomic mass is 32.1. The van der Waals surface area contributed by atoms with Crippen molar-refractivity contribution >= 4 is 12.2 Å². The van der Waals surface area contributed by atoms with E-state index in [0.717, 1.165) is 22.3 Å². The van der Waals surface area contributed by atoms with Crippen molar-refractivity contribution in [1.82, 2.24) is 14.8 Å². The van der Waals surface area contributed by atoms with Crippen molar-refractivity contribution in [2.45, 2.75) is 57.1 Å². The van der Waals surface area contributed by atoms with Gasteiger partial charge in [-0.3, -0.25) is 9.67 Å². The summed E-state index contributed by atoms with van der Waals surface area (Å²) in [6, 6.07) is 45.4. The van der Waals surface area contributed by atoms with Gasteiger partial charge in [0.2, 0.25) is 0 Å². The summed E-state index contributed by atoms with van der Waals surface area (Å²) in [6.07, 6.45) is -2.95. The lowest BCUT2D eigenvalue weighted by molar-refractivity contribution is -0.302. The molecule has 5 aromatic carbocycles. The molecule has 8 nitrogen and oxygen atoms in total. The zero-order chi connectivity index (χ0) is 35.5. The lowest BCUT2D eigenvalue weighted by Gasteiger charge is -2.46. The molecule has 1 aliphatic rings. The van der Waals surface area contributed by atoms with E-state index in [-0.39, 0.29) is 36.8 Å². The number of hydrogen-bond donors (Lipinski definition) is 1. The van der Waals surface area contributed by atoms with Crippen LogP contribution in [0.25, 0.3) is 11.4 Å². The van der Waals surface area contributed by atoms with E-state index in [1.807, 2.05) is 121 Å². The number of nitrogens with zero attached hydrogens (tertiary/aromatic N) is 2. The largest absolute Gasteiger partial charge is 0.374 e. The molecule has 0 aliphatic carbocycles. The maximum atomic E-state index is 15.5. The molecule has 7 rings (SSSR count). The Morgan fingerprint density at radius 2 is 1.10 bits per heavy atom. The molecule has 0 bridgehead atoms. The van der Waals surface area contributed by atoms with Crippen molar-refractivity contribution in [2.24, 2.45) is 0 Å². The third-order valence-corrected chi connectivity index (χ3v) is 9.24. The van der Waals surface area contributed by atoms with Crippen LogP contribution in [0.15, 0.2) is 146 Å². The summed E-state index contributed by atoms with van der Waals surface area (Å²) in [5, 5.41) is 7.42. The molecule has 1 N–H and O–H groups in total. The molecule has 0 spiro atoms. The third-order valence-electron chi connectivity index (χ3n) is 8.95. The Kier molecular flexibility index (Phi) is 12.1. The summed E-state index contributed by atoms with van der Waals surface area (Å²) < 4.78 is 51.0. The van der Waals surface area contributed by atoms with Crippen LogP contribution in [0.3, 0.4) is 0 Å². The molecule has 1 saturated heterocycles. The summed E-state index contributed by atoms with van der Waals surface area (Å²) in [5.74, 6) is -0.152. The average molecular weight is 718 g/mol.